The minimum Gasteiger partial charge on any atom is -0.454 e. The molecule has 0 bridgehead atoms. The number of nitrogens with one attached hydrogen (secondary N) is 1. The number of carbonyl (C=O) groups excluding carboxylic acids is 4. The average molecular weight is 400 g/mol. The zero-order valence-corrected chi connectivity index (χ0v) is 17.0. The van der Waals surface area contributed by atoms with Gasteiger partial charge in [0.1, 0.15) is 6.04 Å². The number of nitrogens with zero attached hydrogens (tertiary/aromatic N) is 1. The van der Waals surface area contributed by atoms with Crippen LogP contribution in [-0.4, -0.2) is 47.8 Å². The first-order valence-corrected chi connectivity index (χ1v) is 10.2. The molecule has 0 unspecified atom stereocenters. The number of ether oxygens (including phenoxy) is 1. The van der Waals surface area contributed by atoms with Crippen molar-refractivity contribution in [3.05, 3.63) is 35.4 Å². The summed E-state index contributed by atoms with van der Waals surface area (Å²) >= 11 is 0. The summed E-state index contributed by atoms with van der Waals surface area (Å²) in [6, 6.07) is 6.91. The Labute approximate surface area is 170 Å². The van der Waals surface area contributed by atoms with E-state index in [1.165, 1.54) is 6.92 Å². The highest BCUT2D eigenvalue weighted by Gasteiger charge is 2.51. The molecular formula is C22H28N2O5. The van der Waals surface area contributed by atoms with Crippen molar-refractivity contribution in [1.29, 1.82) is 0 Å². The van der Waals surface area contributed by atoms with Crippen molar-refractivity contribution < 1.29 is 23.9 Å². The molecule has 29 heavy (non-hydrogen) atoms. The molecule has 3 amide bonds. The van der Waals surface area contributed by atoms with E-state index in [9.17, 15) is 19.2 Å². The number of fused-ring (bicyclic) bond motifs is 1. The summed E-state index contributed by atoms with van der Waals surface area (Å²) in [6.07, 6.45) is 3.92. The predicted molar refractivity (Wildman–Crippen MR) is 106 cm³/mol. The molecule has 2 fully saturated rings. The number of imide groups is 1. The molecule has 0 aromatic heterocycles. The maximum Gasteiger partial charge on any atom is 0.329 e. The summed E-state index contributed by atoms with van der Waals surface area (Å²) < 4.78 is 5.06. The maximum atomic E-state index is 12.6. The van der Waals surface area contributed by atoms with Crippen LogP contribution in [0.3, 0.4) is 0 Å². The third kappa shape index (κ3) is 4.66. The van der Waals surface area contributed by atoms with Crippen LogP contribution in [0.4, 0.5) is 0 Å². The number of hydrogen-bond donors (Lipinski definition) is 1. The number of hydrogen-bond acceptors (Lipinski definition) is 5. The Kier molecular flexibility index (Phi) is 6.67. The van der Waals surface area contributed by atoms with Crippen LogP contribution in [0.1, 0.15) is 43.7 Å². The summed E-state index contributed by atoms with van der Waals surface area (Å²) in [7, 11) is 0. The van der Waals surface area contributed by atoms with Gasteiger partial charge in [0.25, 0.3) is 5.91 Å². The highest BCUT2D eigenvalue weighted by molar-refractivity contribution is 6.07. The van der Waals surface area contributed by atoms with Crippen LogP contribution < -0.4 is 5.32 Å². The predicted octanol–water partition coefficient (Wildman–Crippen LogP) is 1.76. The van der Waals surface area contributed by atoms with E-state index in [1.54, 1.807) is 0 Å². The second-order valence-electron chi connectivity index (χ2n) is 7.85. The van der Waals surface area contributed by atoms with Crippen LogP contribution in [-0.2, 0) is 30.3 Å². The Morgan fingerprint density at radius 3 is 2.38 bits per heavy atom. The third-order valence-corrected chi connectivity index (χ3v) is 5.93. The van der Waals surface area contributed by atoms with E-state index in [0.29, 0.717) is 25.8 Å². The number of benzene rings is 1. The van der Waals surface area contributed by atoms with Crippen LogP contribution in [0.25, 0.3) is 0 Å². The van der Waals surface area contributed by atoms with Crippen LogP contribution in [0, 0.1) is 18.8 Å². The van der Waals surface area contributed by atoms with Gasteiger partial charge in [-0.1, -0.05) is 37.1 Å². The first-order chi connectivity index (χ1) is 13.9. The van der Waals surface area contributed by atoms with Gasteiger partial charge in [-0.3, -0.25) is 19.3 Å². The Bertz CT molecular complexity index is 782. The molecule has 7 nitrogen and oxygen atoms in total. The third-order valence-electron chi connectivity index (χ3n) is 5.93. The fourth-order valence-corrected chi connectivity index (χ4v) is 4.21. The van der Waals surface area contributed by atoms with E-state index in [4.69, 9.17) is 4.74 Å². The Morgan fingerprint density at radius 2 is 1.76 bits per heavy atom. The van der Waals surface area contributed by atoms with Gasteiger partial charge in [0, 0.05) is 6.54 Å². The summed E-state index contributed by atoms with van der Waals surface area (Å²) in [6.45, 7) is 3.49. The summed E-state index contributed by atoms with van der Waals surface area (Å²) in [5.74, 6) is -2.34. The lowest BCUT2D eigenvalue weighted by Gasteiger charge is -2.21. The van der Waals surface area contributed by atoms with E-state index in [1.807, 2.05) is 31.2 Å². The fourth-order valence-electron chi connectivity index (χ4n) is 4.21. The number of carbonyl (C=O) groups is 4. The van der Waals surface area contributed by atoms with Gasteiger partial charge >= 0.3 is 5.97 Å². The van der Waals surface area contributed by atoms with E-state index >= 15 is 0 Å². The average Bonchev–Trinajstić information content (AvgIpc) is 2.97. The van der Waals surface area contributed by atoms with E-state index in [2.05, 4.69) is 5.32 Å². The minimum absolute atomic E-state index is 0.285. The molecule has 0 radical (unpaired) electrons. The second kappa shape index (κ2) is 9.20. The van der Waals surface area contributed by atoms with Crippen molar-refractivity contribution in [2.75, 3.05) is 13.2 Å². The number of esters is 1. The molecule has 3 atom stereocenters. The maximum absolute atomic E-state index is 12.6. The molecule has 1 aliphatic carbocycles. The van der Waals surface area contributed by atoms with Crippen molar-refractivity contribution in [3.63, 3.8) is 0 Å². The second-order valence-corrected chi connectivity index (χ2v) is 7.85. The van der Waals surface area contributed by atoms with E-state index in [-0.39, 0.29) is 23.7 Å². The van der Waals surface area contributed by atoms with Gasteiger partial charge in [-0.2, -0.15) is 0 Å². The normalized spacial score (nSPS) is 22.2. The van der Waals surface area contributed by atoms with Gasteiger partial charge in [0.05, 0.1) is 11.8 Å². The number of likely N-dealkylation sites (tertiary alicyclic amines) is 1. The molecule has 2 aliphatic rings. The minimum atomic E-state index is -1.01. The number of rotatable bonds is 7. The van der Waals surface area contributed by atoms with Crippen molar-refractivity contribution >= 4 is 23.7 Å². The fraction of sp³-hybridized carbons (Fsp3) is 0.545. The first-order valence-electron chi connectivity index (χ1n) is 10.2. The Hall–Kier alpha value is -2.70. The molecule has 1 aliphatic heterocycles. The van der Waals surface area contributed by atoms with Crippen molar-refractivity contribution in [1.82, 2.24) is 10.2 Å². The van der Waals surface area contributed by atoms with Crippen LogP contribution in [0.2, 0.25) is 0 Å². The van der Waals surface area contributed by atoms with Crippen molar-refractivity contribution in [3.8, 4) is 0 Å². The van der Waals surface area contributed by atoms with Crippen molar-refractivity contribution in [2.24, 2.45) is 11.8 Å². The monoisotopic (exact) mass is 400 g/mol. The topological polar surface area (TPSA) is 92.8 Å². The number of amides is 3. The molecule has 7 heteroatoms. The molecule has 1 N–H and O–H groups in total. The SMILES string of the molecule is Cc1ccccc1CCNC(=O)COC(=O)[C@H](C)N1C(=O)[C@H]2CCCC[C@H]2C1=O. The van der Waals surface area contributed by atoms with E-state index < -0.39 is 24.5 Å². The lowest BCUT2D eigenvalue weighted by atomic mass is 9.81. The Balaban J connectivity index is 1.45. The highest BCUT2D eigenvalue weighted by Crippen LogP contribution is 2.38. The molecule has 1 saturated heterocycles. The lowest BCUT2D eigenvalue weighted by molar-refractivity contribution is -0.159. The van der Waals surface area contributed by atoms with Gasteiger partial charge in [0.15, 0.2) is 6.61 Å². The standard InChI is InChI=1S/C22H28N2O5/c1-14-7-3-4-8-16(14)11-12-23-19(25)13-29-22(28)15(2)24-20(26)17-9-5-6-10-18(17)21(24)27/h3-4,7-8,15,17-18H,5-6,9-13H2,1-2H3,(H,23,25)/t15-,17-,18+/m0/s1. The summed E-state index contributed by atoms with van der Waals surface area (Å²) in [5.41, 5.74) is 2.30. The van der Waals surface area contributed by atoms with Gasteiger partial charge in [0.2, 0.25) is 11.8 Å². The van der Waals surface area contributed by atoms with Gasteiger partial charge in [-0.25, -0.2) is 4.79 Å². The van der Waals surface area contributed by atoms with Crippen LogP contribution in [0.5, 0.6) is 0 Å². The van der Waals surface area contributed by atoms with E-state index in [0.717, 1.165) is 28.9 Å². The Morgan fingerprint density at radius 1 is 1.14 bits per heavy atom. The highest BCUT2D eigenvalue weighted by atomic mass is 16.5. The van der Waals surface area contributed by atoms with Crippen LogP contribution >= 0.6 is 0 Å². The summed E-state index contributed by atoms with van der Waals surface area (Å²) in [5, 5.41) is 2.72. The molecule has 3 rings (SSSR count). The zero-order valence-electron chi connectivity index (χ0n) is 17.0. The number of aryl methyl sites for hydroxylation is 1. The smallest absolute Gasteiger partial charge is 0.329 e. The summed E-state index contributed by atoms with van der Waals surface area (Å²) in [4.78, 5) is 50.4. The molecule has 1 aromatic carbocycles. The van der Waals surface area contributed by atoms with Gasteiger partial charge in [-0.15, -0.1) is 0 Å². The molecule has 1 heterocycles. The molecular weight excluding hydrogens is 372 g/mol. The van der Waals surface area contributed by atoms with Crippen LogP contribution in [0.15, 0.2) is 24.3 Å². The molecule has 1 aromatic rings. The molecule has 1 saturated carbocycles. The zero-order chi connectivity index (χ0) is 21.0. The van der Waals surface area contributed by atoms with Crippen molar-refractivity contribution in [2.45, 2.75) is 52.0 Å². The first kappa shape index (κ1) is 21.0. The largest absolute Gasteiger partial charge is 0.454 e. The quantitative estimate of drug-likeness (QED) is 0.556. The van der Waals surface area contributed by atoms with Gasteiger partial charge in [-0.05, 0) is 44.2 Å². The molecule has 156 valence electrons. The lowest BCUT2D eigenvalue weighted by Crippen LogP contribution is -2.45. The molecule has 0 spiro atoms. The van der Waals surface area contributed by atoms with Gasteiger partial charge < -0.3 is 10.1 Å².